The number of thioether (sulfide) groups is 1. The lowest BCUT2D eigenvalue weighted by Gasteiger charge is -2.43. The van der Waals surface area contributed by atoms with Gasteiger partial charge in [-0.2, -0.15) is 0 Å². The van der Waals surface area contributed by atoms with Crippen molar-refractivity contribution in [2.45, 2.75) is 54.7 Å². The van der Waals surface area contributed by atoms with Crippen LogP contribution in [0, 0.1) is 0 Å². The Morgan fingerprint density at radius 2 is 2.21 bits per heavy atom. The molecule has 3 fully saturated rings. The number of aliphatic hydroxyl groups is 1. The number of rotatable bonds is 6. The number of ether oxygens (including phenoxy) is 1. The normalized spacial score (nSPS) is 37.4. The fraction of sp³-hybridized carbons (Fsp3) is 0.733. The van der Waals surface area contributed by atoms with Gasteiger partial charge in [0.1, 0.15) is 12.7 Å². The molecule has 0 amide bonds. The van der Waals surface area contributed by atoms with E-state index >= 15 is 4.39 Å². The SMILES string of the molecule is O=c1ccn([C@@H]2O[C@](F)(COP(=O)(O)NC3CCC3)[C@@H](O)[C@]23CCS3)c(=O)[nH]1. The molecule has 1 aromatic rings. The number of aromatic amines is 1. The molecular weight excluding hydrogens is 416 g/mol. The first-order valence-electron chi connectivity index (χ1n) is 8.91. The van der Waals surface area contributed by atoms with Gasteiger partial charge in [0.15, 0.2) is 6.23 Å². The Labute approximate surface area is 163 Å². The van der Waals surface area contributed by atoms with Gasteiger partial charge in [-0.15, -0.1) is 11.8 Å². The Morgan fingerprint density at radius 1 is 1.50 bits per heavy atom. The summed E-state index contributed by atoms with van der Waals surface area (Å²) in [4.78, 5) is 35.4. The number of halogens is 1. The van der Waals surface area contributed by atoms with E-state index in [0.29, 0.717) is 12.2 Å². The van der Waals surface area contributed by atoms with Crippen LogP contribution in [0.4, 0.5) is 4.39 Å². The quantitative estimate of drug-likeness (QED) is 0.460. The van der Waals surface area contributed by atoms with E-state index in [1.165, 1.54) is 18.0 Å². The standard InChI is InChI=1S/C15H21FN3O7PS/c16-15(8-25-27(23,24)18-9-2-1-3-9)11(21)14(5-7-28-14)12(26-15)19-6-4-10(20)17-13(19)22/h4,6,9,11-12,21H,1-3,5,7-8H2,(H,17,20,22)(H2,18,23,24)/t11-,12+,14+,15+/m0/s1. The van der Waals surface area contributed by atoms with Gasteiger partial charge in [-0.25, -0.2) is 18.8 Å². The van der Waals surface area contributed by atoms with Gasteiger partial charge in [0, 0.05) is 18.3 Å². The Hall–Kier alpha value is -1.01. The lowest BCUT2D eigenvalue weighted by Crippen LogP contribution is -2.54. The zero-order valence-corrected chi connectivity index (χ0v) is 16.5. The van der Waals surface area contributed by atoms with Crippen molar-refractivity contribution < 1.29 is 28.2 Å². The predicted molar refractivity (Wildman–Crippen MR) is 97.6 cm³/mol. The third-order valence-electron chi connectivity index (χ3n) is 5.45. The molecule has 1 aliphatic carbocycles. The topological polar surface area (TPSA) is 143 Å². The van der Waals surface area contributed by atoms with E-state index in [2.05, 4.69) is 10.1 Å². The number of H-pyrrole nitrogens is 1. The van der Waals surface area contributed by atoms with E-state index in [9.17, 15) is 24.2 Å². The first-order chi connectivity index (χ1) is 13.2. The van der Waals surface area contributed by atoms with Crippen LogP contribution in [-0.4, -0.2) is 54.7 Å². The molecule has 4 rings (SSSR count). The van der Waals surface area contributed by atoms with Crippen LogP contribution < -0.4 is 16.3 Å². The minimum absolute atomic E-state index is 0.165. The monoisotopic (exact) mass is 437 g/mol. The molecule has 156 valence electrons. The van der Waals surface area contributed by atoms with E-state index in [4.69, 9.17) is 9.26 Å². The molecular formula is C15H21FN3O7PS. The third-order valence-corrected chi connectivity index (χ3v) is 8.20. The maximum absolute atomic E-state index is 15.5. The van der Waals surface area contributed by atoms with Crippen molar-refractivity contribution in [1.29, 1.82) is 0 Å². The van der Waals surface area contributed by atoms with Crippen molar-refractivity contribution in [3.63, 3.8) is 0 Å². The lowest BCUT2D eigenvalue weighted by atomic mass is 9.93. The summed E-state index contributed by atoms with van der Waals surface area (Å²) in [5.41, 5.74) is -1.42. The van der Waals surface area contributed by atoms with Gasteiger partial charge in [0.2, 0.25) is 0 Å². The summed E-state index contributed by atoms with van der Waals surface area (Å²) in [5, 5.41) is 13.1. The van der Waals surface area contributed by atoms with Gasteiger partial charge in [-0.05, 0) is 25.0 Å². The van der Waals surface area contributed by atoms with E-state index in [1.807, 2.05) is 0 Å². The number of hydrogen-bond donors (Lipinski definition) is 4. The van der Waals surface area contributed by atoms with Gasteiger partial charge in [-0.3, -0.25) is 18.9 Å². The maximum atomic E-state index is 15.5. The summed E-state index contributed by atoms with van der Waals surface area (Å²) in [6.45, 7) is -0.988. The number of aliphatic hydroxyl groups excluding tert-OH is 1. The molecule has 0 bridgehead atoms. The van der Waals surface area contributed by atoms with Gasteiger partial charge in [0.05, 0.1) is 4.75 Å². The first-order valence-corrected chi connectivity index (χ1v) is 11.5. The molecule has 4 N–H and O–H groups in total. The predicted octanol–water partition coefficient (Wildman–Crippen LogP) is 0.227. The molecule has 1 spiro atoms. The Kier molecular flexibility index (Phi) is 5.10. The van der Waals surface area contributed by atoms with Crippen molar-refractivity contribution in [3.8, 4) is 0 Å². The van der Waals surface area contributed by atoms with E-state index < -0.39 is 48.5 Å². The Balaban J connectivity index is 1.55. The van der Waals surface area contributed by atoms with Crippen LogP contribution in [0.2, 0.25) is 0 Å². The molecule has 3 aliphatic rings. The zero-order valence-electron chi connectivity index (χ0n) is 14.7. The summed E-state index contributed by atoms with van der Waals surface area (Å²) < 4.78 is 37.7. The number of hydrogen-bond acceptors (Lipinski definition) is 7. The van der Waals surface area contributed by atoms with Crippen LogP contribution in [0.5, 0.6) is 0 Å². The summed E-state index contributed by atoms with van der Waals surface area (Å²) in [5.74, 6) is -2.18. The highest BCUT2D eigenvalue weighted by molar-refractivity contribution is 8.02. The minimum Gasteiger partial charge on any atom is -0.385 e. The number of nitrogens with zero attached hydrogens (tertiary/aromatic N) is 1. The molecule has 1 saturated carbocycles. The molecule has 13 heteroatoms. The van der Waals surface area contributed by atoms with E-state index in [-0.39, 0.29) is 6.04 Å². The van der Waals surface area contributed by atoms with Crippen LogP contribution in [0.25, 0.3) is 0 Å². The van der Waals surface area contributed by atoms with Crippen LogP contribution >= 0.6 is 19.5 Å². The average Bonchev–Trinajstić information content (AvgIpc) is 2.78. The molecule has 10 nitrogen and oxygen atoms in total. The molecule has 1 unspecified atom stereocenters. The lowest BCUT2D eigenvalue weighted by molar-refractivity contribution is -0.204. The maximum Gasteiger partial charge on any atom is 0.403 e. The fourth-order valence-electron chi connectivity index (χ4n) is 3.60. The summed E-state index contributed by atoms with van der Waals surface area (Å²) in [6.07, 6.45) is 0.999. The highest BCUT2D eigenvalue weighted by Gasteiger charge is 2.68. The number of alkyl halides is 1. The molecule has 2 saturated heterocycles. The second-order valence-electron chi connectivity index (χ2n) is 7.28. The van der Waals surface area contributed by atoms with Gasteiger partial charge >= 0.3 is 13.4 Å². The first kappa shape index (κ1) is 20.3. The minimum atomic E-state index is -4.28. The van der Waals surface area contributed by atoms with Crippen molar-refractivity contribution in [2.24, 2.45) is 0 Å². The summed E-state index contributed by atoms with van der Waals surface area (Å²) >= 11 is 1.23. The molecule has 1 aromatic heterocycles. The van der Waals surface area contributed by atoms with Crippen LogP contribution in [-0.2, 0) is 13.8 Å². The summed E-state index contributed by atoms with van der Waals surface area (Å²) in [6, 6.07) is 0.926. The second kappa shape index (κ2) is 7.05. The van der Waals surface area contributed by atoms with E-state index in [0.717, 1.165) is 29.9 Å². The zero-order chi connectivity index (χ0) is 20.2. The second-order valence-corrected chi connectivity index (χ2v) is 10.3. The van der Waals surface area contributed by atoms with Crippen molar-refractivity contribution >= 4 is 19.5 Å². The van der Waals surface area contributed by atoms with Gasteiger partial charge in [0.25, 0.3) is 11.4 Å². The van der Waals surface area contributed by atoms with Crippen LogP contribution in [0.3, 0.4) is 0 Å². The van der Waals surface area contributed by atoms with Gasteiger partial charge < -0.3 is 14.7 Å². The molecule has 0 aromatic carbocycles. The number of aromatic nitrogens is 2. The smallest absolute Gasteiger partial charge is 0.385 e. The highest BCUT2D eigenvalue weighted by Crippen LogP contribution is 2.60. The largest absolute Gasteiger partial charge is 0.403 e. The fourth-order valence-corrected chi connectivity index (χ4v) is 6.05. The van der Waals surface area contributed by atoms with Gasteiger partial charge in [-0.1, -0.05) is 6.42 Å². The van der Waals surface area contributed by atoms with Crippen LogP contribution in [0.15, 0.2) is 21.9 Å². The number of nitrogens with one attached hydrogen (secondary N) is 2. The third kappa shape index (κ3) is 3.41. The highest BCUT2D eigenvalue weighted by atomic mass is 32.2. The molecule has 5 atom stereocenters. The van der Waals surface area contributed by atoms with Crippen molar-refractivity contribution in [3.05, 3.63) is 33.1 Å². The van der Waals surface area contributed by atoms with Crippen molar-refractivity contribution in [2.75, 3.05) is 12.4 Å². The average molecular weight is 437 g/mol. The van der Waals surface area contributed by atoms with Crippen molar-refractivity contribution in [1.82, 2.24) is 14.6 Å². The molecule has 28 heavy (non-hydrogen) atoms. The Bertz CT molecular complexity index is 917. The summed E-state index contributed by atoms with van der Waals surface area (Å²) in [7, 11) is -4.28. The molecule has 0 radical (unpaired) electrons. The molecule has 2 aliphatic heterocycles. The molecule has 3 heterocycles. The van der Waals surface area contributed by atoms with E-state index in [1.54, 1.807) is 0 Å². The van der Waals surface area contributed by atoms with Crippen LogP contribution in [0.1, 0.15) is 31.9 Å². The Morgan fingerprint density at radius 3 is 2.75 bits per heavy atom.